The minimum absolute atomic E-state index is 0.0525. The lowest BCUT2D eigenvalue weighted by Crippen LogP contribution is -2.24. The van der Waals surface area contributed by atoms with Crippen LogP contribution in [0.4, 0.5) is 0 Å². The molecular formula is C19H18ClNO2. The fourth-order valence-corrected chi connectivity index (χ4v) is 2.69. The van der Waals surface area contributed by atoms with Crippen molar-refractivity contribution >= 4 is 23.6 Å². The molecular weight excluding hydrogens is 310 g/mol. The van der Waals surface area contributed by atoms with Crippen molar-refractivity contribution in [3.8, 4) is 5.75 Å². The number of hydrogen-bond donors (Lipinski definition) is 1. The van der Waals surface area contributed by atoms with Crippen molar-refractivity contribution in [2.45, 2.75) is 19.4 Å². The van der Waals surface area contributed by atoms with E-state index in [4.69, 9.17) is 16.3 Å². The van der Waals surface area contributed by atoms with Crippen molar-refractivity contribution in [3.05, 3.63) is 70.3 Å². The van der Waals surface area contributed by atoms with E-state index >= 15 is 0 Å². The number of fused-ring (bicyclic) bond motifs is 1. The first-order chi connectivity index (χ1) is 11.1. The van der Waals surface area contributed by atoms with Crippen LogP contribution in [-0.2, 0) is 11.2 Å². The van der Waals surface area contributed by atoms with Gasteiger partial charge in [0, 0.05) is 17.5 Å². The Morgan fingerprint density at radius 3 is 2.83 bits per heavy atom. The second-order valence-electron chi connectivity index (χ2n) is 5.58. The summed E-state index contributed by atoms with van der Waals surface area (Å²) >= 11 is 5.84. The van der Waals surface area contributed by atoms with Crippen molar-refractivity contribution in [3.63, 3.8) is 0 Å². The van der Waals surface area contributed by atoms with Crippen LogP contribution in [0.2, 0.25) is 5.02 Å². The predicted octanol–water partition coefficient (Wildman–Crippen LogP) is 4.17. The number of halogens is 1. The summed E-state index contributed by atoms with van der Waals surface area (Å²) in [7, 11) is 0. The number of rotatable bonds is 4. The molecule has 3 nitrogen and oxygen atoms in total. The van der Waals surface area contributed by atoms with Crippen LogP contribution < -0.4 is 10.1 Å². The number of benzene rings is 2. The van der Waals surface area contributed by atoms with E-state index in [0.717, 1.165) is 29.9 Å². The molecule has 0 aliphatic carbocycles. The Hall–Kier alpha value is -2.26. The van der Waals surface area contributed by atoms with E-state index in [-0.39, 0.29) is 11.9 Å². The van der Waals surface area contributed by atoms with Crippen LogP contribution in [0.5, 0.6) is 5.75 Å². The van der Waals surface area contributed by atoms with Gasteiger partial charge in [0.2, 0.25) is 5.91 Å². The highest BCUT2D eigenvalue weighted by atomic mass is 35.5. The molecule has 1 N–H and O–H groups in total. The SMILES string of the molecule is CC(NC(=O)C=Cc1ccc(Cl)cc1)c1ccc2c(c1)CCO2. The zero-order valence-electron chi connectivity index (χ0n) is 12.9. The zero-order valence-corrected chi connectivity index (χ0v) is 13.6. The minimum Gasteiger partial charge on any atom is -0.493 e. The summed E-state index contributed by atoms with van der Waals surface area (Å²) in [6.45, 7) is 2.72. The van der Waals surface area contributed by atoms with E-state index in [9.17, 15) is 4.79 Å². The van der Waals surface area contributed by atoms with Crippen molar-refractivity contribution in [1.29, 1.82) is 0 Å². The first kappa shape index (κ1) is 15.6. The van der Waals surface area contributed by atoms with Gasteiger partial charge in [-0.15, -0.1) is 0 Å². The van der Waals surface area contributed by atoms with Gasteiger partial charge in [-0.2, -0.15) is 0 Å². The van der Waals surface area contributed by atoms with Crippen LogP contribution in [0.3, 0.4) is 0 Å². The first-order valence-electron chi connectivity index (χ1n) is 7.61. The maximum absolute atomic E-state index is 12.1. The van der Waals surface area contributed by atoms with E-state index in [1.807, 2.05) is 31.2 Å². The molecule has 0 saturated carbocycles. The predicted molar refractivity (Wildman–Crippen MR) is 92.7 cm³/mol. The molecule has 1 aliphatic rings. The highest BCUT2D eigenvalue weighted by Crippen LogP contribution is 2.28. The lowest BCUT2D eigenvalue weighted by atomic mass is 10.0. The average Bonchev–Trinajstić information content (AvgIpc) is 3.02. The molecule has 0 bridgehead atoms. The van der Waals surface area contributed by atoms with E-state index in [2.05, 4.69) is 11.4 Å². The highest BCUT2D eigenvalue weighted by molar-refractivity contribution is 6.30. The zero-order chi connectivity index (χ0) is 16.2. The Labute approximate surface area is 140 Å². The molecule has 0 saturated heterocycles. The Balaban J connectivity index is 1.62. The lowest BCUT2D eigenvalue weighted by molar-refractivity contribution is -0.117. The van der Waals surface area contributed by atoms with Crippen molar-refractivity contribution in [1.82, 2.24) is 5.32 Å². The average molecular weight is 328 g/mol. The Kier molecular flexibility index (Phi) is 4.68. The first-order valence-corrected chi connectivity index (χ1v) is 7.99. The third-order valence-electron chi connectivity index (χ3n) is 3.87. The smallest absolute Gasteiger partial charge is 0.244 e. The van der Waals surface area contributed by atoms with Gasteiger partial charge in [0.15, 0.2) is 0 Å². The summed E-state index contributed by atoms with van der Waals surface area (Å²) in [5, 5.41) is 3.66. The third-order valence-corrected chi connectivity index (χ3v) is 4.12. The molecule has 1 aliphatic heterocycles. The normalized spacial score (nSPS) is 14.3. The molecule has 0 fully saturated rings. The maximum atomic E-state index is 12.1. The van der Waals surface area contributed by atoms with Gasteiger partial charge in [0.25, 0.3) is 0 Å². The van der Waals surface area contributed by atoms with Gasteiger partial charge in [-0.1, -0.05) is 29.8 Å². The molecule has 1 heterocycles. The number of carbonyl (C=O) groups is 1. The lowest BCUT2D eigenvalue weighted by Gasteiger charge is -2.14. The largest absolute Gasteiger partial charge is 0.493 e. The van der Waals surface area contributed by atoms with Crippen LogP contribution in [0.15, 0.2) is 48.5 Å². The summed E-state index contributed by atoms with van der Waals surface area (Å²) in [5.74, 6) is 0.833. The fourth-order valence-electron chi connectivity index (χ4n) is 2.57. The van der Waals surface area contributed by atoms with Gasteiger partial charge in [0.1, 0.15) is 5.75 Å². The Morgan fingerprint density at radius 2 is 2.04 bits per heavy atom. The second-order valence-corrected chi connectivity index (χ2v) is 6.02. The number of nitrogens with one attached hydrogen (secondary N) is 1. The van der Waals surface area contributed by atoms with Gasteiger partial charge in [-0.25, -0.2) is 0 Å². The summed E-state index contributed by atoms with van der Waals surface area (Å²) in [6, 6.07) is 13.4. The molecule has 1 amide bonds. The van der Waals surface area contributed by atoms with Gasteiger partial charge in [-0.3, -0.25) is 4.79 Å². The summed E-state index contributed by atoms with van der Waals surface area (Å²) in [5.41, 5.74) is 3.23. The molecule has 1 atom stereocenters. The molecule has 4 heteroatoms. The van der Waals surface area contributed by atoms with E-state index in [1.165, 1.54) is 11.6 Å². The molecule has 23 heavy (non-hydrogen) atoms. The summed E-state index contributed by atoms with van der Waals surface area (Å²) in [6.07, 6.45) is 4.24. The van der Waals surface area contributed by atoms with E-state index < -0.39 is 0 Å². The number of ether oxygens (including phenoxy) is 1. The van der Waals surface area contributed by atoms with Gasteiger partial charge in [0.05, 0.1) is 12.6 Å². The third kappa shape index (κ3) is 3.93. The standard InChI is InChI=1S/C19H18ClNO2/c1-13(15-5-8-18-16(12-15)10-11-23-18)21-19(22)9-4-14-2-6-17(20)7-3-14/h2-9,12-13H,10-11H2,1H3,(H,21,22). The molecule has 3 rings (SSSR count). The fraction of sp³-hybridized carbons (Fsp3) is 0.211. The van der Waals surface area contributed by atoms with Gasteiger partial charge >= 0.3 is 0 Å². The molecule has 2 aromatic rings. The second kappa shape index (κ2) is 6.88. The number of amides is 1. The summed E-state index contributed by atoms with van der Waals surface area (Å²) in [4.78, 5) is 12.1. The van der Waals surface area contributed by atoms with E-state index in [1.54, 1.807) is 18.2 Å². The molecule has 1 unspecified atom stereocenters. The summed E-state index contributed by atoms with van der Waals surface area (Å²) < 4.78 is 5.50. The van der Waals surface area contributed by atoms with Crippen LogP contribution in [0.25, 0.3) is 6.08 Å². The molecule has 0 aromatic heterocycles. The highest BCUT2D eigenvalue weighted by Gasteiger charge is 2.15. The quantitative estimate of drug-likeness (QED) is 0.856. The monoisotopic (exact) mass is 327 g/mol. The molecule has 0 radical (unpaired) electrons. The molecule has 2 aromatic carbocycles. The Morgan fingerprint density at radius 1 is 1.26 bits per heavy atom. The van der Waals surface area contributed by atoms with Gasteiger partial charge in [-0.05, 0) is 54.0 Å². The molecule has 0 spiro atoms. The maximum Gasteiger partial charge on any atom is 0.244 e. The van der Waals surface area contributed by atoms with Crippen LogP contribution in [0, 0.1) is 0 Å². The van der Waals surface area contributed by atoms with Crippen molar-refractivity contribution < 1.29 is 9.53 Å². The van der Waals surface area contributed by atoms with Crippen LogP contribution in [0.1, 0.15) is 29.7 Å². The number of carbonyl (C=O) groups excluding carboxylic acids is 1. The van der Waals surface area contributed by atoms with Crippen LogP contribution in [-0.4, -0.2) is 12.5 Å². The van der Waals surface area contributed by atoms with Gasteiger partial charge < -0.3 is 10.1 Å². The van der Waals surface area contributed by atoms with E-state index in [0.29, 0.717) is 5.02 Å². The Bertz CT molecular complexity index is 738. The minimum atomic E-state index is -0.121. The van der Waals surface area contributed by atoms with Crippen molar-refractivity contribution in [2.75, 3.05) is 6.61 Å². The molecule has 118 valence electrons. The topological polar surface area (TPSA) is 38.3 Å². The van der Waals surface area contributed by atoms with Crippen molar-refractivity contribution in [2.24, 2.45) is 0 Å². The van der Waals surface area contributed by atoms with Crippen LogP contribution >= 0.6 is 11.6 Å². The number of hydrogen-bond acceptors (Lipinski definition) is 2.